The van der Waals surface area contributed by atoms with E-state index in [-0.39, 0.29) is 11.8 Å². The Morgan fingerprint density at radius 2 is 1.88 bits per heavy atom. The largest absolute Gasteiger partial charge is 0.354 e. The van der Waals surface area contributed by atoms with Crippen molar-refractivity contribution >= 4 is 11.8 Å². The van der Waals surface area contributed by atoms with E-state index in [1.807, 2.05) is 13.8 Å². The number of methoxy groups -OCH3 is 1. The molecule has 0 radical (unpaired) electrons. The predicted molar refractivity (Wildman–Crippen MR) is 62.3 cm³/mol. The smallest absolute Gasteiger partial charge is 0.266 e. The van der Waals surface area contributed by atoms with Gasteiger partial charge in [-0.15, -0.1) is 5.17 Å². The highest BCUT2D eigenvalue weighted by Gasteiger charge is 2.18. The highest BCUT2D eigenvalue weighted by molar-refractivity contribution is 5.79. The summed E-state index contributed by atoms with van der Waals surface area (Å²) < 4.78 is 4.87. The fourth-order valence-corrected chi connectivity index (χ4v) is 0.996. The summed E-state index contributed by atoms with van der Waals surface area (Å²) in [5, 5.41) is 0.846. The van der Waals surface area contributed by atoms with E-state index in [9.17, 15) is 9.59 Å². The Morgan fingerprint density at radius 3 is 2.29 bits per heavy atom. The molecule has 0 aromatic heterocycles. The van der Waals surface area contributed by atoms with Gasteiger partial charge in [0.1, 0.15) is 0 Å². The zero-order chi connectivity index (χ0) is 13.4. The first-order chi connectivity index (χ1) is 7.86. The minimum Gasteiger partial charge on any atom is -0.354 e. The highest BCUT2D eigenvalue weighted by Crippen LogP contribution is 2.07. The number of amides is 2. The molecule has 0 fully saturated rings. The van der Waals surface area contributed by atoms with Crippen LogP contribution in [0.1, 0.15) is 40.5 Å². The van der Waals surface area contributed by atoms with E-state index in [0.29, 0.717) is 12.3 Å². The Kier molecular flexibility index (Phi) is 7.49. The van der Waals surface area contributed by atoms with Gasteiger partial charge in [-0.1, -0.05) is 13.8 Å². The number of nitrogens with zero attached hydrogens (tertiary/aromatic N) is 1. The molecule has 0 aromatic carbocycles. The summed E-state index contributed by atoms with van der Waals surface area (Å²) in [6.07, 6.45) is 0.443. The maximum absolute atomic E-state index is 11.8. The van der Waals surface area contributed by atoms with Gasteiger partial charge >= 0.3 is 0 Å². The summed E-state index contributed by atoms with van der Waals surface area (Å²) in [6.45, 7) is 6.98. The molecule has 6 heteroatoms. The van der Waals surface area contributed by atoms with Crippen LogP contribution in [0.25, 0.3) is 0 Å². The van der Waals surface area contributed by atoms with Crippen molar-refractivity contribution in [3.63, 3.8) is 0 Å². The quantitative estimate of drug-likeness (QED) is 0.565. The molecule has 6 nitrogen and oxygen atoms in total. The summed E-state index contributed by atoms with van der Waals surface area (Å²) in [5.74, 6) is -0.248. The van der Waals surface area contributed by atoms with Gasteiger partial charge < -0.3 is 4.74 Å². The number of nitrogens with one attached hydrogen (secondary N) is 1. The summed E-state index contributed by atoms with van der Waals surface area (Å²) in [7, 11) is 1.45. The fourth-order valence-electron chi connectivity index (χ4n) is 0.996. The Balaban J connectivity index is 4.34. The maximum atomic E-state index is 11.8. The van der Waals surface area contributed by atoms with E-state index in [2.05, 4.69) is 5.43 Å². The molecule has 0 aliphatic heterocycles. The molecule has 0 bridgehead atoms. The van der Waals surface area contributed by atoms with Crippen molar-refractivity contribution in [1.82, 2.24) is 10.6 Å². The normalized spacial score (nSPS) is 12.4. The van der Waals surface area contributed by atoms with Crippen LogP contribution in [0, 0.1) is 5.92 Å². The Hall–Kier alpha value is -1.14. The predicted octanol–water partition coefficient (Wildman–Crippen LogP) is 1.23. The molecule has 2 amide bonds. The summed E-state index contributed by atoms with van der Waals surface area (Å²) in [4.78, 5) is 27.8. The summed E-state index contributed by atoms with van der Waals surface area (Å²) in [6, 6.07) is 0. The molecule has 17 heavy (non-hydrogen) atoms. The molecule has 0 rings (SSSR count). The minimum atomic E-state index is -0.607. The Bertz CT molecular complexity index is 256. The SMILES string of the molecule is COC(C)ON(NC(C)=O)C(=O)CCC(C)C. The van der Waals surface area contributed by atoms with Crippen molar-refractivity contribution in [3.8, 4) is 0 Å². The molecule has 0 spiro atoms. The fraction of sp³-hybridized carbons (Fsp3) is 0.818. The lowest BCUT2D eigenvalue weighted by Gasteiger charge is -2.24. The molecular weight excluding hydrogens is 224 g/mol. The van der Waals surface area contributed by atoms with Crippen LogP contribution in [0.15, 0.2) is 0 Å². The standard InChI is InChI=1S/C11H22N2O4/c1-8(2)6-7-11(15)13(12-9(3)14)17-10(4)16-5/h8,10H,6-7H2,1-5H3,(H,12,14). The molecule has 100 valence electrons. The van der Waals surface area contributed by atoms with E-state index in [1.54, 1.807) is 6.92 Å². The van der Waals surface area contributed by atoms with Crippen LogP contribution in [0.4, 0.5) is 0 Å². The van der Waals surface area contributed by atoms with E-state index in [4.69, 9.17) is 9.57 Å². The van der Waals surface area contributed by atoms with Gasteiger partial charge in [0.25, 0.3) is 5.91 Å². The third-order valence-corrected chi connectivity index (χ3v) is 2.01. The summed E-state index contributed by atoms with van der Waals surface area (Å²) in [5.41, 5.74) is 2.31. The van der Waals surface area contributed by atoms with Crippen molar-refractivity contribution in [3.05, 3.63) is 0 Å². The zero-order valence-electron chi connectivity index (χ0n) is 11.1. The molecular formula is C11H22N2O4. The van der Waals surface area contributed by atoms with Crippen molar-refractivity contribution in [2.75, 3.05) is 7.11 Å². The van der Waals surface area contributed by atoms with Crippen molar-refractivity contribution < 1.29 is 19.2 Å². The van der Waals surface area contributed by atoms with Gasteiger partial charge in [-0.25, -0.2) is 10.3 Å². The second-order valence-corrected chi connectivity index (χ2v) is 4.20. The van der Waals surface area contributed by atoms with Crippen molar-refractivity contribution in [2.24, 2.45) is 5.92 Å². The van der Waals surface area contributed by atoms with Crippen molar-refractivity contribution in [2.45, 2.75) is 46.8 Å². The lowest BCUT2D eigenvalue weighted by molar-refractivity contribution is -0.274. The molecule has 1 unspecified atom stereocenters. The van der Waals surface area contributed by atoms with Crippen molar-refractivity contribution in [1.29, 1.82) is 0 Å². The molecule has 0 saturated carbocycles. The minimum absolute atomic E-state index is 0.294. The van der Waals surface area contributed by atoms with Gasteiger partial charge in [0.15, 0.2) is 6.29 Å². The highest BCUT2D eigenvalue weighted by atomic mass is 16.8. The van der Waals surface area contributed by atoms with Crippen LogP contribution in [0.2, 0.25) is 0 Å². The van der Waals surface area contributed by atoms with E-state index >= 15 is 0 Å². The number of hydrazine groups is 1. The molecule has 0 aromatic rings. The first kappa shape index (κ1) is 15.9. The number of rotatable bonds is 6. The molecule has 1 N–H and O–H groups in total. The number of ether oxygens (including phenoxy) is 1. The number of hydrogen-bond acceptors (Lipinski definition) is 4. The number of hydroxylamine groups is 1. The second kappa shape index (κ2) is 8.03. The molecule has 0 aliphatic rings. The lowest BCUT2D eigenvalue weighted by atomic mass is 10.1. The third kappa shape index (κ3) is 7.70. The second-order valence-electron chi connectivity index (χ2n) is 4.20. The number of hydrogen-bond donors (Lipinski definition) is 1. The van der Waals surface area contributed by atoms with Gasteiger partial charge in [-0.2, -0.15) is 0 Å². The molecule has 1 atom stereocenters. The Morgan fingerprint density at radius 1 is 1.29 bits per heavy atom. The van der Waals surface area contributed by atoms with E-state index in [1.165, 1.54) is 14.0 Å². The van der Waals surface area contributed by atoms with Gasteiger partial charge in [0.05, 0.1) is 0 Å². The zero-order valence-corrected chi connectivity index (χ0v) is 11.1. The average Bonchev–Trinajstić information content (AvgIpc) is 2.23. The van der Waals surface area contributed by atoms with Crippen LogP contribution >= 0.6 is 0 Å². The van der Waals surface area contributed by atoms with Gasteiger partial charge in [0, 0.05) is 20.5 Å². The summed E-state index contributed by atoms with van der Waals surface area (Å²) >= 11 is 0. The monoisotopic (exact) mass is 246 g/mol. The first-order valence-corrected chi connectivity index (χ1v) is 5.66. The molecule has 0 saturated heterocycles. The van der Waals surface area contributed by atoms with E-state index in [0.717, 1.165) is 11.6 Å². The molecule has 0 heterocycles. The number of carbonyl (C=O) groups excluding carboxylic acids is 2. The van der Waals surface area contributed by atoms with Crippen LogP contribution in [-0.4, -0.2) is 30.4 Å². The van der Waals surface area contributed by atoms with Gasteiger partial charge in [-0.05, 0) is 19.3 Å². The van der Waals surface area contributed by atoms with E-state index < -0.39 is 6.29 Å². The Labute approximate surface area is 102 Å². The van der Waals surface area contributed by atoms with Crippen LogP contribution < -0.4 is 5.43 Å². The first-order valence-electron chi connectivity index (χ1n) is 5.66. The average molecular weight is 246 g/mol. The van der Waals surface area contributed by atoms with Gasteiger partial charge in [0.2, 0.25) is 5.91 Å². The van der Waals surface area contributed by atoms with Gasteiger partial charge in [-0.3, -0.25) is 9.59 Å². The number of carbonyl (C=O) groups is 2. The maximum Gasteiger partial charge on any atom is 0.266 e. The molecule has 0 aliphatic carbocycles. The van der Waals surface area contributed by atoms with Crippen LogP contribution in [0.3, 0.4) is 0 Å². The van der Waals surface area contributed by atoms with Crippen LogP contribution in [-0.2, 0) is 19.2 Å². The topological polar surface area (TPSA) is 67.9 Å². The lowest BCUT2D eigenvalue weighted by Crippen LogP contribution is -2.47. The van der Waals surface area contributed by atoms with Crippen LogP contribution in [0.5, 0.6) is 0 Å². The third-order valence-electron chi connectivity index (χ3n) is 2.01.